The van der Waals surface area contributed by atoms with E-state index in [0.717, 1.165) is 11.1 Å². The molecule has 0 radical (unpaired) electrons. The Balaban J connectivity index is 2.33. The SMILES string of the molecule is Cc1ccccc1CN1NN(C)C(C(N)=O)=C1NC(=O)C(C)C. The summed E-state index contributed by atoms with van der Waals surface area (Å²) < 4.78 is 0. The molecule has 0 atom stereocenters. The summed E-state index contributed by atoms with van der Waals surface area (Å²) in [4.78, 5) is 23.8. The molecule has 0 fully saturated rings. The van der Waals surface area contributed by atoms with E-state index in [4.69, 9.17) is 5.73 Å². The van der Waals surface area contributed by atoms with Gasteiger partial charge in [0, 0.05) is 13.0 Å². The minimum absolute atomic E-state index is 0.175. The molecule has 0 saturated carbocycles. The molecular weight excluding hydrogens is 294 g/mol. The third-order valence-electron chi connectivity index (χ3n) is 3.69. The van der Waals surface area contributed by atoms with Crippen molar-refractivity contribution in [3.8, 4) is 0 Å². The molecule has 1 aromatic carbocycles. The van der Waals surface area contributed by atoms with Crippen LogP contribution in [0.3, 0.4) is 0 Å². The molecule has 0 aromatic heterocycles. The van der Waals surface area contributed by atoms with Gasteiger partial charge in [0.1, 0.15) is 0 Å². The second-order valence-corrected chi connectivity index (χ2v) is 5.88. The quantitative estimate of drug-likeness (QED) is 0.739. The molecule has 0 saturated heterocycles. The van der Waals surface area contributed by atoms with E-state index in [2.05, 4.69) is 10.9 Å². The van der Waals surface area contributed by atoms with E-state index in [1.165, 1.54) is 5.01 Å². The van der Waals surface area contributed by atoms with Crippen LogP contribution in [0.4, 0.5) is 0 Å². The number of rotatable bonds is 5. The Bertz CT molecular complexity index is 654. The summed E-state index contributed by atoms with van der Waals surface area (Å²) >= 11 is 0. The number of hydrazine groups is 2. The normalized spacial score (nSPS) is 14.7. The van der Waals surface area contributed by atoms with Gasteiger partial charge in [0.25, 0.3) is 5.91 Å². The molecule has 2 amide bonds. The van der Waals surface area contributed by atoms with E-state index >= 15 is 0 Å². The number of carbonyl (C=O) groups is 2. The fourth-order valence-electron chi connectivity index (χ4n) is 2.31. The monoisotopic (exact) mass is 317 g/mol. The van der Waals surface area contributed by atoms with Crippen molar-refractivity contribution in [3.63, 3.8) is 0 Å². The van der Waals surface area contributed by atoms with Crippen LogP contribution in [0.2, 0.25) is 0 Å². The van der Waals surface area contributed by atoms with Crippen LogP contribution in [0.5, 0.6) is 0 Å². The van der Waals surface area contributed by atoms with Crippen molar-refractivity contribution in [1.82, 2.24) is 20.9 Å². The zero-order valence-electron chi connectivity index (χ0n) is 13.9. The van der Waals surface area contributed by atoms with Gasteiger partial charge in [0.2, 0.25) is 5.91 Å². The molecular formula is C16H23N5O2. The second-order valence-electron chi connectivity index (χ2n) is 5.88. The second kappa shape index (κ2) is 6.70. The number of amides is 2. The number of hydrogen-bond donors (Lipinski definition) is 3. The lowest BCUT2D eigenvalue weighted by molar-refractivity contribution is -0.123. The number of benzene rings is 1. The van der Waals surface area contributed by atoms with Crippen LogP contribution in [0.1, 0.15) is 25.0 Å². The largest absolute Gasteiger partial charge is 0.364 e. The summed E-state index contributed by atoms with van der Waals surface area (Å²) in [6.07, 6.45) is 0. The highest BCUT2D eigenvalue weighted by Gasteiger charge is 2.32. The Kier molecular flexibility index (Phi) is 4.90. The smallest absolute Gasteiger partial charge is 0.270 e. The lowest BCUT2D eigenvalue weighted by atomic mass is 10.1. The topological polar surface area (TPSA) is 90.7 Å². The number of hydrogen-bond acceptors (Lipinski definition) is 5. The first-order valence-corrected chi connectivity index (χ1v) is 7.48. The van der Waals surface area contributed by atoms with Gasteiger partial charge in [-0.3, -0.25) is 19.6 Å². The molecule has 0 bridgehead atoms. The summed E-state index contributed by atoms with van der Waals surface area (Å²) in [7, 11) is 1.68. The van der Waals surface area contributed by atoms with Crippen LogP contribution >= 0.6 is 0 Å². The maximum atomic E-state index is 12.1. The van der Waals surface area contributed by atoms with Crippen LogP contribution in [-0.2, 0) is 16.1 Å². The highest BCUT2D eigenvalue weighted by atomic mass is 16.2. The van der Waals surface area contributed by atoms with E-state index in [-0.39, 0.29) is 17.5 Å². The molecule has 1 aromatic rings. The van der Waals surface area contributed by atoms with Gasteiger partial charge in [0.15, 0.2) is 11.5 Å². The Hall–Kier alpha value is -2.54. The Labute approximate surface area is 136 Å². The number of nitrogens with one attached hydrogen (secondary N) is 2. The average Bonchev–Trinajstić information content (AvgIpc) is 2.77. The molecule has 2 rings (SSSR count). The predicted molar refractivity (Wildman–Crippen MR) is 86.8 cm³/mol. The molecule has 7 heteroatoms. The zero-order valence-corrected chi connectivity index (χ0v) is 13.9. The Morgan fingerprint density at radius 2 is 1.96 bits per heavy atom. The lowest BCUT2D eigenvalue weighted by Crippen LogP contribution is -2.42. The number of nitrogens with zero attached hydrogens (tertiary/aromatic N) is 2. The van der Waals surface area contributed by atoms with Crippen LogP contribution in [0, 0.1) is 12.8 Å². The van der Waals surface area contributed by atoms with Crippen LogP contribution in [-0.4, -0.2) is 28.9 Å². The fraction of sp³-hybridized carbons (Fsp3) is 0.375. The third kappa shape index (κ3) is 3.62. The van der Waals surface area contributed by atoms with Crippen LogP contribution < -0.4 is 16.6 Å². The molecule has 4 N–H and O–H groups in total. The summed E-state index contributed by atoms with van der Waals surface area (Å²) in [6.45, 7) is 6.08. The van der Waals surface area contributed by atoms with Crippen LogP contribution in [0.25, 0.3) is 0 Å². The molecule has 0 spiro atoms. The van der Waals surface area contributed by atoms with Crippen molar-refractivity contribution in [1.29, 1.82) is 0 Å². The first-order chi connectivity index (χ1) is 10.8. The van der Waals surface area contributed by atoms with Gasteiger partial charge in [0.05, 0.1) is 6.54 Å². The number of primary amides is 1. The molecule has 1 aliphatic heterocycles. The summed E-state index contributed by atoms with van der Waals surface area (Å²) in [6, 6.07) is 7.93. The van der Waals surface area contributed by atoms with Gasteiger partial charge >= 0.3 is 0 Å². The van der Waals surface area contributed by atoms with Crippen molar-refractivity contribution in [2.75, 3.05) is 7.05 Å². The Morgan fingerprint density at radius 1 is 1.30 bits per heavy atom. The highest BCUT2D eigenvalue weighted by Crippen LogP contribution is 2.20. The average molecular weight is 317 g/mol. The maximum absolute atomic E-state index is 12.1. The summed E-state index contributed by atoms with van der Waals surface area (Å²) in [5.74, 6) is -0.609. The summed E-state index contributed by atoms with van der Waals surface area (Å²) in [5.41, 5.74) is 10.9. The molecule has 7 nitrogen and oxygen atoms in total. The van der Waals surface area contributed by atoms with Gasteiger partial charge in [-0.05, 0) is 18.1 Å². The highest BCUT2D eigenvalue weighted by molar-refractivity contribution is 5.93. The van der Waals surface area contributed by atoms with Crippen molar-refractivity contribution in [2.24, 2.45) is 11.7 Å². The number of likely N-dealkylation sites (N-methyl/N-ethyl adjacent to an activating group) is 1. The van der Waals surface area contributed by atoms with Gasteiger partial charge in [-0.1, -0.05) is 38.1 Å². The lowest BCUT2D eigenvalue weighted by Gasteiger charge is -2.24. The van der Waals surface area contributed by atoms with Crippen molar-refractivity contribution < 1.29 is 9.59 Å². The molecule has 1 heterocycles. The van der Waals surface area contributed by atoms with Gasteiger partial charge in [-0.15, -0.1) is 5.53 Å². The van der Waals surface area contributed by atoms with E-state index in [1.54, 1.807) is 25.9 Å². The van der Waals surface area contributed by atoms with E-state index in [1.807, 2.05) is 31.2 Å². The standard InChI is InChI=1S/C16H23N5O2/c1-10(2)16(23)18-15-13(14(17)22)20(4)19-21(15)9-12-8-6-5-7-11(12)3/h5-8,10,19H,9H2,1-4H3,(H2,17,22)(H,18,23). The van der Waals surface area contributed by atoms with Crippen molar-refractivity contribution in [3.05, 3.63) is 46.9 Å². The van der Waals surface area contributed by atoms with Gasteiger partial charge < -0.3 is 11.1 Å². The minimum Gasteiger partial charge on any atom is -0.364 e. The van der Waals surface area contributed by atoms with Gasteiger partial charge in [-0.2, -0.15) is 0 Å². The number of aryl methyl sites for hydroxylation is 1. The Morgan fingerprint density at radius 3 is 2.52 bits per heavy atom. The van der Waals surface area contributed by atoms with E-state index in [9.17, 15) is 9.59 Å². The molecule has 23 heavy (non-hydrogen) atoms. The predicted octanol–water partition coefficient (Wildman–Crippen LogP) is 0.589. The first-order valence-electron chi connectivity index (χ1n) is 7.48. The third-order valence-corrected chi connectivity index (χ3v) is 3.69. The number of carbonyl (C=O) groups excluding carboxylic acids is 2. The molecule has 1 aliphatic rings. The summed E-state index contributed by atoms with van der Waals surface area (Å²) in [5, 5.41) is 6.01. The van der Waals surface area contributed by atoms with E-state index < -0.39 is 5.91 Å². The number of nitrogens with two attached hydrogens (primary N) is 1. The van der Waals surface area contributed by atoms with Crippen LogP contribution in [0.15, 0.2) is 35.8 Å². The molecule has 0 aliphatic carbocycles. The molecule has 124 valence electrons. The first kappa shape index (κ1) is 16.8. The van der Waals surface area contributed by atoms with Crippen molar-refractivity contribution in [2.45, 2.75) is 27.3 Å². The van der Waals surface area contributed by atoms with E-state index in [0.29, 0.717) is 12.4 Å². The fourth-order valence-corrected chi connectivity index (χ4v) is 2.31. The minimum atomic E-state index is -0.605. The maximum Gasteiger partial charge on any atom is 0.270 e. The molecule has 0 unspecified atom stereocenters. The van der Waals surface area contributed by atoms with Gasteiger partial charge in [-0.25, -0.2) is 0 Å². The zero-order chi connectivity index (χ0) is 17.1. The van der Waals surface area contributed by atoms with Crippen molar-refractivity contribution >= 4 is 11.8 Å².